The summed E-state index contributed by atoms with van der Waals surface area (Å²) >= 11 is 0. The molecule has 0 heterocycles. The number of sulfonamides is 2. The van der Waals surface area contributed by atoms with Gasteiger partial charge in [0.05, 0.1) is 35.6 Å². The Labute approximate surface area is 220 Å². The predicted molar refractivity (Wildman–Crippen MR) is 139 cm³/mol. The highest BCUT2D eigenvalue weighted by atomic mass is 32.2. The van der Waals surface area contributed by atoms with Gasteiger partial charge in [0.2, 0.25) is 0 Å². The van der Waals surface area contributed by atoms with Gasteiger partial charge in [-0.1, -0.05) is 12.1 Å². The van der Waals surface area contributed by atoms with E-state index in [0.29, 0.717) is 0 Å². The monoisotopic (exact) mass is 570 g/mol. The van der Waals surface area contributed by atoms with Crippen molar-refractivity contribution in [1.29, 1.82) is 0 Å². The van der Waals surface area contributed by atoms with E-state index < -0.39 is 52.8 Å². The van der Waals surface area contributed by atoms with Crippen molar-refractivity contribution >= 4 is 31.4 Å². The molecule has 3 aromatic rings. The Hall–Kier alpha value is -3.58. The lowest BCUT2D eigenvalue weighted by Crippen LogP contribution is -2.18. The van der Waals surface area contributed by atoms with Gasteiger partial charge >= 0.3 is 0 Å². The maximum Gasteiger partial charge on any atom is 0.265 e. The van der Waals surface area contributed by atoms with E-state index in [9.17, 15) is 25.6 Å². The molecule has 9 nitrogen and oxygen atoms in total. The largest absolute Gasteiger partial charge is 0.495 e. The van der Waals surface area contributed by atoms with Crippen LogP contribution < -0.4 is 23.7 Å². The minimum atomic E-state index is -4.56. The van der Waals surface area contributed by atoms with E-state index >= 15 is 0 Å². The zero-order valence-electron chi connectivity index (χ0n) is 21.3. The highest BCUT2D eigenvalue weighted by Crippen LogP contribution is 2.33. The zero-order valence-corrected chi connectivity index (χ0v) is 22.9. The maximum atomic E-state index is 14.9. The van der Waals surface area contributed by atoms with Crippen molar-refractivity contribution in [3.05, 3.63) is 66.2 Å². The molecule has 0 aliphatic rings. The third kappa shape index (κ3) is 6.64. The second-order valence-corrected chi connectivity index (χ2v) is 11.9. The van der Waals surface area contributed by atoms with Crippen LogP contribution in [0.3, 0.4) is 0 Å². The van der Waals surface area contributed by atoms with Crippen molar-refractivity contribution in [3.63, 3.8) is 0 Å². The van der Waals surface area contributed by atoms with Crippen LogP contribution in [0.5, 0.6) is 17.2 Å². The van der Waals surface area contributed by atoms with Crippen molar-refractivity contribution in [3.8, 4) is 17.2 Å². The minimum Gasteiger partial charge on any atom is -0.495 e. The van der Waals surface area contributed by atoms with Crippen LogP contribution in [0.1, 0.15) is 27.7 Å². The molecule has 0 saturated heterocycles. The Kier molecular flexibility index (Phi) is 8.72. The third-order valence-corrected chi connectivity index (χ3v) is 7.63. The van der Waals surface area contributed by atoms with Gasteiger partial charge in [0, 0.05) is 0 Å². The molecule has 0 unspecified atom stereocenters. The van der Waals surface area contributed by atoms with Crippen LogP contribution in [0.15, 0.2) is 64.4 Å². The molecule has 206 valence electrons. The number of halogens is 2. The van der Waals surface area contributed by atoms with Gasteiger partial charge in [0.1, 0.15) is 10.6 Å². The topological polar surface area (TPSA) is 120 Å². The van der Waals surface area contributed by atoms with E-state index in [1.54, 1.807) is 27.7 Å². The number of methoxy groups -OCH3 is 1. The van der Waals surface area contributed by atoms with Crippen molar-refractivity contribution in [2.45, 2.75) is 49.7 Å². The van der Waals surface area contributed by atoms with Crippen LogP contribution in [0, 0.1) is 11.6 Å². The lowest BCUT2D eigenvalue weighted by Gasteiger charge is -2.16. The molecular weight excluding hydrogens is 542 g/mol. The first-order chi connectivity index (χ1) is 17.7. The second-order valence-electron chi connectivity index (χ2n) is 8.59. The molecule has 0 amide bonds. The number of hydrogen-bond acceptors (Lipinski definition) is 7. The molecule has 0 saturated carbocycles. The number of hydrogen-bond donors (Lipinski definition) is 2. The standard InChI is InChI=1S/C25H28F2N2O7S2/c1-15(2)35-21-10-6-8-18(24(21)26)28-37(30,31)17-12-13-20(34-5)23(14-17)38(32,33)29-19-9-7-11-22(25(19)27)36-16(3)4/h6-16,28-29H,1-5H3. The van der Waals surface area contributed by atoms with Gasteiger partial charge in [-0.25, -0.2) is 25.6 Å². The summed E-state index contributed by atoms with van der Waals surface area (Å²) in [6.07, 6.45) is -0.728. The number of ether oxygens (including phenoxy) is 3. The highest BCUT2D eigenvalue weighted by molar-refractivity contribution is 7.93. The van der Waals surface area contributed by atoms with E-state index in [1.807, 2.05) is 0 Å². The van der Waals surface area contributed by atoms with Gasteiger partial charge < -0.3 is 14.2 Å². The van der Waals surface area contributed by atoms with E-state index in [0.717, 1.165) is 18.2 Å². The number of rotatable bonds is 11. The fraction of sp³-hybridized carbons (Fsp3) is 0.280. The Bertz CT molecular complexity index is 1530. The van der Waals surface area contributed by atoms with Crippen molar-refractivity contribution in [1.82, 2.24) is 0 Å². The van der Waals surface area contributed by atoms with E-state index in [4.69, 9.17) is 14.2 Å². The summed E-state index contributed by atoms with van der Waals surface area (Å²) < 4.78 is 102. The van der Waals surface area contributed by atoms with Crippen molar-refractivity contribution in [2.24, 2.45) is 0 Å². The van der Waals surface area contributed by atoms with Crippen LogP contribution in [-0.2, 0) is 20.0 Å². The molecule has 38 heavy (non-hydrogen) atoms. The smallest absolute Gasteiger partial charge is 0.265 e. The first-order valence-electron chi connectivity index (χ1n) is 11.4. The van der Waals surface area contributed by atoms with Gasteiger partial charge in [0.15, 0.2) is 23.1 Å². The molecular formula is C25H28F2N2O7S2. The highest BCUT2D eigenvalue weighted by Gasteiger charge is 2.27. The van der Waals surface area contributed by atoms with Crippen LogP contribution in [0.4, 0.5) is 20.2 Å². The molecule has 0 aliphatic heterocycles. The molecule has 0 atom stereocenters. The van der Waals surface area contributed by atoms with Crippen molar-refractivity contribution in [2.75, 3.05) is 16.6 Å². The van der Waals surface area contributed by atoms with Crippen LogP contribution in [0.25, 0.3) is 0 Å². The van der Waals surface area contributed by atoms with Crippen LogP contribution in [0.2, 0.25) is 0 Å². The Balaban J connectivity index is 1.99. The SMILES string of the molecule is COc1ccc(S(=O)(=O)Nc2cccc(OC(C)C)c2F)cc1S(=O)(=O)Nc1cccc(OC(C)C)c1F. The Morgan fingerprint density at radius 1 is 0.684 bits per heavy atom. The van der Waals surface area contributed by atoms with E-state index in [-0.39, 0.29) is 29.5 Å². The summed E-state index contributed by atoms with van der Waals surface area (Å²) in [7, 11) is -7.85. The molecule has 0 radical (unpaired) electrons. The van der Waals surface area contributed by atoms with Gasteiger partial charge in [0.25, 0.3) is 20.0 Å². The minimum absolute atomic E-state index is 0.159. The fourth-order valence-electron chi connectivity index (χ4n) is 3.31. The number of anilines is 2. The third-order valence-electron chi connectivity index (χ3n) is 4.88. The average Bonchev–Trinajstić information content (AvgIpc) is 2.83. The average molecular weight is 571 g/mol. The predicted octanol–water partition coefficient (Wildman–Crippen LogP) is 5.15. The Morgan fingerprint density at radius 3 is 1.61 bits per heavy atom. The van der Waals surface area contributed by atoms with Crippen LogP contribution in [-0.4, -0.2) is 36.2 Å². The molecule has 0 fully saturated rings. The van der Waals surface area contributed by atoms with E-state index in [2.05, 4.69) is 9.44 Å². The lowest BCUT2D eigenvalue weighted by atomic mass is 10.3. The lowest BCUT2D eigenvalue weighted by molar-refractivity contribution is 0.231. The molecule has 0 spiro atoms. The first kappa shape index (κ1) is 29.0. The van der Waals surface area contributed by atoms with Gasteiger partial charge in [-0.15, -0.1) is 0 Å². The molecule has 0 aliphatic carbocycles. The maximum absolute atomic E-state index is 14.9. The van der Waals surface area contributed by atoms with Gasteiger partial charge in [-0.2, -0.15) is 0 Å². The summed E-state index contributed by atoms with van der Waals surface area (Å²) in [6.45, 7) is 6.73. The number of benzene rings is 3. The second kappa shape index (κ2) is 11.4. The van der Waals surface area contributed by atoms with Crippen molar-refractivity contribution < 1.29 is 39.8 Å². The van der Waals surface area contributed by atoms with E-state index in [1.165, 1.54) is 43.5 Å². The summed E-state index contributed by atoms with van der Waals surface area (Å²) in [4.78, 5) is -1.10. The molecule has 2 N–H and O–H groups in total. The Morgan fingerprint density at radius 2 is 1.16 bits per heavy atom. The fourth-order valence-corrected chi connectivity index (χ4v) is 5.72. The summed E-state index contributed by atoms with van der Waals surface area (Å²) in [6, 6.07) is 10.9. The molecule has 13 heteroatoms. The van der Waals surface area contributed by atoms with Gasteiger partial charge in [-0.3, -0.25) is 9.44 Å². The molecule has 0 aromatic heterocycles. The van der Waals surface area contributed by atoms with Crippen LogP contribution >= 0.6 is 0 Å². The first-order valence-corrected chi connectivity index (χ1v) is 14.4. The van der Waals surface area contributed by atoms with Gasteiger partial charge in [-0.05, 0) is 70.2 Å². The quantitative estimate of drug-likeness (QED) is 0.327. The molecule has 0 bridgehead atoms. The summed E-state index contributed by atoms with van der Waals surface area (Å²) in [5.74, 6) is -2.42. The number of nitrogens with one attached hydrogen (secondary N) is 2. The summed E-state index contributed by atoms with van der Waals surface area (Å²) in [5.41, 5.74) is -0.814. The zero-order chi connectivity index (χ0) is 28.3. The molecule has 3 aromatic carbocycles. The summed E-state index contributed by atoms with van der Waals surface area (Å²) in [5, 5.41) is 0. The normalized spacial score (nSPS) is 11.9. The molecule has 3 rings (SSSR count).